The summed E-state index contributed by atoms with van der Waals surface area (Å²) in [4.78, 5) is 0. The van der Waals surface area contributed by atoms with Gasteiger partial charge in [0.2, 0.25) is 9.05 Å². The number of rotatable bonds is 2. The largest absolute Gasteiger partial charge is 0.245 e. The van der Waals surface area contributed by atoms with Crippen LogP contribution in [0.5, 0.6) is 0 Å². The first-order chi connectivity index (χ1) is 10.4. The molecule has 0 saturated heterocycles. The van der Waals surface area contributed by atoms with Crippen molar-refractivity contribution in [3.05, 3.63) is 36.0 Å². The highest BCUT2D eigenvalue weighted by molar-refractivity contribution is 8.15. The number of hydrogen-bond donors (Lipinski definition) is 0. The van der Waals surface area contributed by atoms with Gasteiger partial charge in [-0.2, -0.15) is 0 Å². The highest BCUT2D eigenvalue weighted by atomic mass is 35.7. The molecule has 0 aromatic rings. The van der Waals surface area contributed by atoms with Crippen LogP contribution in [0.3, 0.4) is 0 Å². The molecule has 124 valence electrons. The normalized spacial score (nSPS) is 28.9. The van der Waals surface area contributed by atoms with Crippen molar-refractivity contribution in [3.63, 3.8) is 0 Å². The van der Waals surface area contributed by atoms with Crippen LogP contribution in [0.2, 0.25) is 0 Å². The predicted molar refractivity (Wildman–Crippen MR) is 94.6 cm³/mol. The Morgan fingerprint density at radius 1 is 1.00 bits per heavy atom. The third-order valence-electron chi connectivity index (χ3n) is 4.92. The Kier molecular flexibility index (Phi) is 6.34. The van der Waals surface area contributed by atoms with Crippen LogP contribution in [0.1, 0.15) is 64.7 Å². The fourth-order valence-electron chi connectivity index (χ4n) is 3.30. The number of halogens is 1. The van der Waals surface area contributed by atoms with Crippen molar-refractivity contribution < 1.29 is 8.42 Å². The van der Waals surface area contributed by atoms with Crippen molar-refractivity contribution in [2.24, 2.45) is 5.92 Å². The molecule has 1 fully saturated rings. The van der Waals surface area contributed by atoms with Crippen LogP contribution < -0.4 is 0 Å². The van der Waals surface area contributed by atoms with E-state index in [9.17, 15) is 8.42 Å². The van der Waals surface area contributed by atoms with Crippen LogP contribution in [-0.2, 0) is 9.05 Å². The fourth-order valence-corrected chi connectivity index (χ4v) is 4.08. The predicted octanol–water partition coefficient (Wildman–Crippen LogP) is 5.51. The molecule has 0 N–H and O–H groups in total. The number of hydrogen-bond acceptors (Lipinski definition) is 2. The molecule has 2 aliphatic rings. The van der Waals surface area contributed by atoms with E-state index < -0.39 is 13.8 Å². The van der Waals surface area contributed by atoms with Crippen LogP contribution in [0.4, 0.5) is 0 Å². The van der Waals surface area contributed by atoms with E-state index in [0.29, 0.717) is 5.92 Å². The van der Waals surface area contributed by atoms with E-state index in [1.54, 1.807) is 19.1 Å². The summed E-state index contributed by atoms with van der Waals surface area (Å²) >= 11 is 0. The molecule has 0 aromatic heterocycles. The smallest absolute Gasteiger partial charge is 0.211 e. The molecule has 4 heteroatoms. The van der Waals surface area contributed by atoms with Gasteiger partial charge < -0.3 is 0 Å². The first-order valence-corrected chi connectivity index (χ1v) is 10.8. The van der Waals surface area contributed by atoms with E-state index in [1.165, 1.54) is 63.4 Å². The monoisotopic (exact) mass is 342 g/mol. The minimum absolute atomic E-state index is 0.541. The van der Waals surface area contributed by atoms with Gasteiger partial charge in [0.1, 0.15) is 4.75 Å². The van der Waals surface area contributed by atoms with Gasteiger partial charge in [-0.05, 0) is 31.3 Å². The molecule has 0 aromatic carbocycles. The maximum absolute atomic E-state index is 11.8. The second-order valence-corrected chi connectivity index (χ2v) is 9.70. The molecule has 0 bridgehead atoms. The molecular formula is C18H27ClO2S. The average Bonchev–Trinajstić information content (AvgIpc) is 2.67. The van der Waals surface area contributed by atoms with E-state index in [-0.39, 0.29) is 0 Å². The topological polar surface area (TPSA) is 34.1 Å². The molecule has 2 nitrogen and oxygen atoms in total. The van der Waals surface area contributed by atoms with Gasteiger partial charge in [-0.25, -0.2) is 8.42 Å². The van der Waals surface area contributed by atoms with Crippen molar-refractivity contribution in [1.82, 2.24) is 0 Å². The molecule has 1 atom stereocenters. The molecule has 0 radical (unpaired) electrons. The molecule has 22 heavy (non-hydrogen) atoms. The molecule has 1 saturated carbocycles. The van der Waals surface area contributed by atoms with Crippen molar-refractivity contribution in [2.45, 2.75) is 69.5 Å². The van der Waals surface area contributed by atoms with Gasteiger partial charge in [0.15, 0.2) is 0 Å². The van der Waals surface area contributed by atoms with E-state index in [1.807, 2.05) is 12.2 Å². The van der Waals surface area contributed by atoms with Gasteiger partial charge in [-0.15, -0.1) is 0 Å². The first kappa shape index (κ1) is 17.8. The average molecular weight is 343 g/mol. The Balaban J connectivity index is 2.12. The van der Waals surface area contributed by atoms with E-state index in [4.69, 9.17) is 10.7 Å². The Labute approximate surface area is 139 Å². The molecule has 2 rings (SSSR count). The molecule has 1 unspecified atom stereocenters. The summed E-state index contributed by atoms with van der Waals surface area (Å²) in [6, 6.07) is 0. The van der Waals surface area contributed by atoms with Crippen LogP contribution in [0.25, 0.3) is 0 Å². The van der Waals surface area contributed by atoms with Crippen LogP contribution >= 0.6 is 10.7 Å². The summed E-state index contributed by atoms with van der Waals surface area (Å²) in [6.45, 7) is 1.65. The third-order valence-corrected chi connectivity index (χ3v) is 7.24. The lowest BCUT2D eigenvalue weighted by atomic mass is 9.86. The standard InChI is InChI=1S/C18H27ClO2S/c1-18(22(19,20)21)14-9-12-17(13-15-18)16-10-7-5-3-2-4-6-8-11-16/h9,12-16H,2-8,10-11H2,1H3. The Bertz CT molecular complexity index is 550. The minimum atomic E-state index is -3.66. The van der Waals surface area contributed by atoms with E-state index in [0.717, 1.165) is 0 Å². The second kappa shape index (κ2) is 7.83. The van der Waals surface area contributed by atoms with E-state index >= 15 is 0 Å². The van der Waals surface area contributed by atoms with Crippen molar-refractivity contribution in [3.8, 4) is 0 Å². The van der Waals surface area contributed by atoms with Crippen LogP contribution in [0, 0.1) is 5.92 Å². The maximum Gasteiger partial charge on any atom is 0.245 e. The Morgan fingerprint density at radius 2 is 1.55 bits per heavy atom. The van der Waals surface area contributed by atoms with Crippen molar-refractivity contribution >= 4 is 19.7 Å². The highest BCUT2D eigenvalue weighted by Crippen LogP contribution is 2.32. The summed E-state index contributed by atoms with van der Waals surface area (Å²) in [5.41, 5.74) is 1.25. The quantitative estimate of drug-likeness (QED) is 0.620. The van der Waals surface area contributed by atoms with Gasteiger partial charge in [0.25, 0.3) is 0 Å². The molecular weight excluding hydrogens is 316 g/mol. The third kappa shape index (κ3) is 4.73. The molecule has 0 heterocycles. The van der Waals surface area contributed by atoms with Gasteiger partial charge in [0.05, 0.1) is 0 Å². The lowest BCUT2D eigenvalue weighted by Gasteiger charge is -2.20. The van der Waals surface area contributed by atoms with Crippen LogP contribution in [0.15, 0.2) is 36.0 Å². The lowest BCUT2D eigenvalue weighted by Crippen LogP contribution is -2.26. The Hall–Kier alpha value is -0.540. The summed E-state index contributed by atoms with van der Waals surface area (Å²) in [6.07, 6.45) is 21.0. The summed E-state index contributed by atoms with van der Waals surface area (Å²) in [5.74, 6) is 0.541. The summed E-state index contributed by atoms with van der Waals surface area (Å²) in [5, 5.41) is 0. The zero-order valence-corrected chi connectivity index (χ0v) is 15.0. The fraction of sp³-hybridized carbons (Fsp3) is 0.667. The summed E-state index contributed by atoms with van der Waals surface area (Å²) < 4.78 is 22.4. The highest BCUT2D eigenvalue weighted by Gasteiger charge is 2.33. The first-order valence-electron chi connectivity index (χ1n) is 8.45. The number of allylic oxidation sites excluding steroid dienone is 4. The Morgan fingerprint density at radius 3 is 2.09 bits per heavy atom. The van der Waals surface area contributed by atoms with Gasteiger partial charge in [-0.1, -0.05) is 75.3 Å². The van der Waals surface area contributed by atoms with Gasteiger partial charge >= 0.3 is 0 Å². The molecule has 0 amide bonds. The summed E-state index contributed by atoms with van der Waals surface area (Å²) in [7, 11) is 1.93. The van der Waals surface area contributed by atoms with E-state index in [2.05, 4.69) is 6.08 Å². The second-order valence-electron chi connectivity index (χ2n) is 6.73. The maximum atomic E-state index is 11.8. The zero-order valence-electron chi connectivity index (χ0n) is 13.4. The SMILES string of the molecule is CC1(S(=O)(=O)Cl)C=CC=C(C2CCCCCCCCC2)C=C1. The molecule has 0 aliphatic heterocycles. The molecule has 0 spiro atoms. The minimum Gasteiger partial charge on any atom is -0.211 e. The van der Waals surface area contributed by atoms with Crippen molar-refractivity contribution in [2.75, 3.05) is 0 Å². The van der Waals surface area contributed by atoms with Gasteiger partial charge in [0, 0.05) is 10.7 Å². The van der Waals surface area contributed by atoms with Crippen molar-refractivity contribution in [1.29, 1.82) is 0 Å². The molecule has 2 aliphatic carbocycles. The zero-order chi connectivity index (χ0) is 16.1. The lowest BCUT2D eigenvalue weighted by molar-refractivity contribution is 0.434. The van der Waals surface area contributed by atoms with Crippen LogP contribution in [-0.4, -0.2) is 13.2 Å². The van der Waals surface area contributed by atoms with Gasteiger partial charge in [-0.3, -0.25) is 0 Å².